The summed E-state index contributed by atoms with van der Waals surface area (Å²) < 4.78 is 10.6. The summed E-state index contributed by atoms with van der Waals surface area (Å²) in [7, 11) is 1.63. The monoisotopic (exact) mass is 166 g/mol. The second kappa shape index (κ2) is 3.59. The first-order valence-corrected chi connectivity index (χ1v) is 3.93. The van der Waals surface area contributed by atoms with Gasteiger partial charge in [0.05, 0.1) is 0 Å². The average Bonchev–Trinajstić information content (AvgIpc) is 2.06. The van der Waals surface area contributed by atoms with Crippen LogP contribution in [0.25, 0.3) is 0 Å². The van der Waals surface area contributed by atoms with E-state index in [1.54, 1.807) is 7.11 Å². The zero-order chi connectivity index (χ0) is 9.03. The molecule has 66 valence electrons. The summed E-state index contributed by atoms with van der Waals surface area (Å²) in [5.41, 5.74) is 0. The molecule has 12 heavy (non-hydrogen) atoms. The van der Waals surface area contributed by atoms with Gasteiger partial charge in [-0.25, -0.2) is 0 Å². The lowest BCUT2D eigenvalue weighted by Crippen LogP contribution is -2.30. The molecule has 1 aromatic rings. The van der Waals surface area contributed by atoms with E-state index in [1.807, 2.05) is 44.2 Å². The van der Waals surface area contributed by atoms with Gasteiger partial charge in [-0.3, -0.25) is 0 Å². The molecule has 2 nitrogen and oxygen atoms in total. The molecule has 0 aliphatic carbocycles. The molecule has 0 aliphatic heterocycles. The minimum absolute atomic E-state index is 0.554. The van der Waals surface area contributed by atoms with Crippen LogP contribution in [0.2, 0.25) is 0 Å². The van der Waals surface area contributed by atoms with Crippen LogP contribution in [0.1, 0.15) is 13.8 Å². The highest BCUT2D eigenvalue weighted by Crippen LogP contribution is 2.17. The minimum atomic E-state index is -0.554. The standard InChI is InChI=1S/C10H14O2/c1-10(2,11-3)12-9-7-5-4-6-8-9/h4-8H,1-3H3. The number of ether oxygens (including phenoxy) is 2. The zero-order valence-electron chi connectivity index (χ0n) is 7.70. The highest BCUT2D eigenvalue weighted by Gasteiger charge is 2.17. The Hall–Kier alpha value is -1.02. The molecule has 0 aromatic heterocycles. The molecule has 1 aromatic carbocycles. The Morgan fingerprint density at radius 2 is 1.67 bits per heavy atom. The van der Waals surface area contributed by atoms with E-state index < -0.39 is 5.79 Å². The van der Waals surface area contributed by atoms with Gasteiger partial charge in [0.1, 0.15) is 5.75 Å². The molecule has 0 spiro atoms. The first kappa shape index (κ1) is 9.07. The van der Waals surface area contributed by atoms with Gasteiger partial charge in [-0.15, -0.1) is 0 Å². The molecule has 0 atom stereocenters. The molecule has 2 heteroatoms. The SMILES string of the molecule is COC(C)(C)Oc1ccccc1. The van der Waals surface area contributed by atoms with Crippen molar-refractivity contribution in [3.63, 3.8) is 0 Å². The van der Waals surface area contributed by atoms with Crippen LogP contribution in [0, 0.1) is 0 Å². The van der Waals surface area contributed by atoms with E-state index in [2.05, 4.69) is 0 Å². The first-order valence-electron chi connectivity index (χ1n) is 3.93. The van der Waals surface area contributed by atoms with Gasteiger partial charge in [-0.1, -0.05) is 18.2 Å². The van der Waals surface area contributed by atoms with Crippen molar-refractivity contribution in [2.75, 3.05) is 7.11 Å². The fourth-order valence-electron chi connectivity index (χ4n) is 0.814. The van der Waals surface area contributed by atoms with Gasteiger partial charge < -0.3 is 9.47 Å². The van der Waals surface area contributed by atoms with E-state index in [-0.39, 0.29) is 0 Å². The van der Waals surface area contributed by atoms with Gasteiger partial charge in [0.25, 0.3) is 0 Å². The lowest BCUT2D eigenvalue weighted by molar-refractivity contribution is -0.134. The van der Waals surface area contributed by atoms with Crippen molar-refractivity contribution in [2.24, 2.45) is 0 Å². The van der Waals surface area contributed by atoms with E-state index in [9.17, 15) is 0 Å². The fourth-order valence-corrected chi connectivity index (χ4v) is 0.814. The molecule has 0 aliphatic rings. The molecule has 0 bridgehead atoms. The molecule has 0 saturated carbocycles. The highest BCUT2D eigenvalue weighted by atomic mass is 16.7. The van der Waals surface area contributed by atoms with Gasteiger partial charge in [0.15, 0.2) is 0 Å². The molecular weight excluding hydrogens is 152 g/mol. The lowest BCUT2D eigenvalue weighted by atomic mass is 10.3. The van der Waals surface area contributed by atoms with Crippen LogP contribution in [-0.2, 0) is 4.74 Å². The Labute approximate surface area is 73.1 Å². The number of para-hydroxylation sites is 1. The molecular formula is C10H14O2. The van der Waals surface area contributed by atoms with Crippen LogP contribution in [0.4, 0.5) is 0 Å². The molecule has 0 saturated heterocycles. The van der Waals surface area contributed by atoms with Gasteiger partial charge in [-0.2, -0.15) is 0 Å². The van der Waals surface area contributed by atoms with Crippen LogP contribution < -0.4 is 4.74 Å². The van der Waals surface area contributed by atoms with Crippen LogP contribution in [-0.4, -0.2) is 12.9 Å². The maximum absolute atomic E-state index is 5.53. The van der Waals surface area contributed by atoms with Crippen LogP contribution in [0.3, 0.4) is 0 Å². The Kier molecular flexibility index (Phi) is 2.71. The van der Waals surface area contributed by atoms with Gasteiger partial charge in [-0.05, 0) is 12.1 Å². The summed E-state index contributed by atoms with van der Waals surface area (Å²) >= 11 is 0. The Bertz CT molecular complexity index is 229. The summed E-state index contributed by atoms with van der Waals surface area (Å²) in [5.74, 6) is 0.269. The lowest BCUT2D eigenvalue weighted by Gasteiger charge is -2.24. The molecule has 0 amide bonds. The third kappa shape index (κ3) is 2.55. The predicted molar refractivity (Wildman–Crippen MR) is 48.2 cm³/mol. The van der Waals surface area contributed by atoms with Crippen molar-refractivity contribution in [1.82, 2.24) is 0 Å². The van der Waals surface area contributed by atoms with Crippen molar-refractivity contribution < 1.29 is 9.47 Å². The number of hydrogen-bond acceptors (Lipinski definition) is 2. The minimum Gasteiger partial charge on any atom is -0.463 e. The van der Waals surface area contributed by atoms with E-state index in [0.717, 1.165) is 5.75 Å². The largest absolute Gasteiger partial charge is 0.463 e. The third-order valence-electron chi connectivity index (χ3n) is 1.60. The Morgan fingerprint density at radius 3 is 2.17 bits per heavy atom. The number of benzene rings is 1. The summed E-state index contributed by atoms with van der Waals surface area (Å²) in [6, 6.07) is 9.62. The Balaban J connectivity index is 2.64. The quantitative estimate of drug-likeness (QED) is 0.642. The van der Waals surface area contributed by atoms with Crippen LogP contribution >= 0.6 is 0 Å². The number of rotatable bonds is 3. The second-order valence-corrected chi connectivity index (χ2v) is 3.02. The molecule has 0 radical (unpaired) electrons. The maximum atomic E-state index is 5.53. The molecule has 1 rings (SSSR count). The van der Waals surface area contributed by atoms with E-state index in [0.29, 0.717) is 0 Å². The maximum Gasteiger partial charge on any atom is 0.204 e. The van der Waals surface area contributed by atoms with E-state index >= 15 is 0 Å². The molecule has 0 unspecified atom stereocenters. The van der Waals surface area contributed by atoms with Gasteiger partial charge in [0, 0.05) is 21.0 Å². The number of hydrogen-bond donors (Lipinski definition) is 0. The second-order valence-electron chi connectivity index (χ2n) is 3.02. The third-order valence-corrected chi connectivity index (χ3v) is 1.60. The molecule has 0 heterocycles. The van der Waals surface area contributed by atoms with Crippen LogP contribution in [0.15, 0.2) is 30.3 Å². The van der Waals surface area contributed by atoms with Crippen molar-refractivity contribution in [3.8, 4) is 5.75 Å². The average molecular weight is 166 g/mol. The van der Waals surface area contributed by atoms with E-state index in [1.165, 1.54) is 0 Å². The van der Waals surface area contributed by atoms with E-state index in [4.69, 9.17) is 9.47 Å². The van der Waals surface area contributed by atoms with Crippen molar-refractivity contribution in [2.45, 2.75) is 19.6 Å². The van der Waals surface area contributed by atoms with Crippen molar-refractivity contribution in [1.29, 1.82) is 0 Å². The topological polar surface area (TPSA) is 18.5 Å². The Morgan fingerprint density at radius 1 is 1.08 bits per heavy atom. The summed E-state index contributed by atoms with van der Waals surface area (Å²) in [5, 5.41) is 0. The van der Waals surface area contributed by atoms with Crippen molar-refractivity contribution >= 4 is 0 Å². The summed E-state index contributed by atoms with van der Waals surface area (Å²) in [6.07, 6.45) is 0. The fraction of sp³-hybridized carbons (Fsp3) is 0.400. The van der Waals surface area contributed by atoms with Crippen LogP contribution in [0.5, 0.6) is 5.75 Å². The van der Waals surface area contributed by atoms with Gasteiger partial charge >= 0.3 is 0 Å². The smallest absolute Gasteiger partial charge is 0.204 e. The van der Waals surface area contributed by atoms with Crippen molar-refractivity contribution in [3.05, 3.63) is 30.3 Å². The predicted octanol–water partition coefficient (Wildman–Crippen LogP) is 2.45. The zero-order valence-corrected chi connectivity index (χ0v) is 7.70. The first-order chi connectivity index (χ1) is 5.64. The van der Waals surface area contributed by atoms with Gasteiger partial charge in [0.2, 0.25) is 5.79 Å². The summed E-state index contributed by atoms with van der Waals surface area (Å²) in [4.78, 5) is 0. The molecule has 0 N–H and O–H groups in total. The normalized spacial score (nSPS) is 11.2. The summed E-state index contributed by atoms with van der Waals surface area (Å²) in [6.45, 7) is 3.75. The highest BCUT2D eigenvalue weighted by molar-refractivity contribution is 5.21. The molecule has 0 fully saturated rings. The number of methoxy groups -OCH3 is 1.